The van der Waals surface area contributed by atoms with Crippen LogP contribution in [-0.4, -0.2) is 29.7 Å². The van der Waals surface area contributed by atoms with E-state index in [0.29, 0.717) is 33.9 Å². The number of methoxy groups -OCH3 is 1. The molecule has 0 saturated carbocycles. The Balaban J connectivity index is 2.05. The van der Waals surface area contributed by atoms with Crippen LogP contribution in [0.3, 0.4) is 0 Å². The van der Waals surface area contributed by atoms with E-state index in [0.717, 1.165) is 0 Å². The smallest absolute Gasteiger partial charge is 0.307 e. The number of ketones is 1. The summed E-state index contributed by atoms with van der Waals surface area (Å²) in [5.74, 6) is -1.38. The van der Waals surface area contributed by atoms with Gasteiger partial charge in [0.25, 0.3) is 6.43 Å². The van der Waals surface area contributed by atoms with Gasteiger partial charge in [-0.15, -0.1) is 11.3 Å². The van der Waals surface area contributed by atoms with Crippen LogP contribution < -0.4 is 0 Å². The molecule has 0 atom stereocenters. The second-order valence-electron chi connectivity index (χ2n) is 5.90. The zero-order valence-electron chi connectivity index (χ0n) is 14.3. The van der Waals surface area contributed by atoms with E-state index in [4.69, 9.17) is 21.4 Å². The van der Waals surface area contributed by atoms with Crippen molar-refractivity contribution in [3.63, 3.8) is 0 Å². The first-order chi connectivity index (χ1) is 12.7. The topological polar surface area (TPSA) is 76.0 Å². The van der Waals surface area contributed by atoms with Crippen LogP contribution in [0.2, 0.25) is 0 Å². The van der Waals surface area contributed by atoms with Crippen molar-refractivity contribution < 1.29 is 28.2 Å². The van der Waals surface area contributed by atoms with E-state index >= 15 is 0 Å². The Morgan fingerprint density at radius 2 is 2.11 bits per heavy atom. The number of Topliss-reactive ketones (excluding diaryl/α,β-unsaturated/α-hetero) is 1. The number of aliphatic carboxylic acids is 1. The summed E-state index contributed by atoms with van der Waals surface area (Å²) in [5, 5.41) is 9.22. The third kappa shape index (κ3) is 3.46. The molecule has 0 saturated heterocycles. The number of hydrogen-bond acceptors (Lipinski definition) is 5. The minimum absolute atomic E-state index is 0.0793. The zero-order valence-corrected chi connectivity index (χ0v) is 15.9. The van der Waals surface area contributed by atoms with Crippen molar-refractivity contribution in [3.8, 4) is 0 Å². The lowest BCUT2D eigenvalue weighted by atomic mass is 9.88. The quantitative estimate of drug-likeness (QED) is 0.675. The third-order valence-corrected chi connectivity index (χ3v) is 5.69. The third-order valence-electron chi connectivity index (χ3n) is 4.24. The summed E-state index contributed by atoms with van der Waals surface area (Å²) in [5.41, 5.74) is 2.13. The Morgan fingerprint density at radius 3 is 2.67 bits per heavy atom. The molecule has 1 aromatic rings. The largest absolute Gasteiger partial charge is 0.495 e. The second-order valence-corrected chi connectivity index (χ2v) is 7.40. The van der Waals surface area contributed by atoms with Crippen LogP contribution in [0.5, 0.6) is 0 Å². The van der Waals surface area contributed by atoms with E-state index in [-0.39, 0.29) is 39.0 Å². The summed E-state index contributed by atoms with van der Waals surface area (Å²) in [6.45, 7) is 1.67. The number of allylic oxidation sites excluding steroid dienone is 4. The lowest BCUT2D eigenvalue weighted by molar-refractivity contribution is -0.136. The highest BCUT2D eigenvalue weighted by atomic mass is 35.5. The van der Waals surface area contributed by atoms with Gasteiger partial charge in [0.2, 0.25) is 5.78 Å². The molecular formula is C18H14ClF2NO4S. The number of ether oxygens (including phenoxy) is 1. The van der Waals surface area contributed by atoms with Crippen molar-refractivity contribution in [1.29, 1.82) is 0 Å². The first-order valence-corrected chi connectivity index (χ1v) is 9.03. The van der Waals surface area contributed by atoms with Gasteiger partial charge < -0.3 is 9.84 Å². The number of alkyl halides is 2. The maximum Gasteiger partial charge on any atom is 0.307 e. The van der Waals surface area contributed by atoms with Gasteiger partial charge in [0.05, 0.1) is 39.6 Å². The minimum Gasteiger partial charge on any atom is -0.495 e. The van der Waals surface area contributed by atoms with Gasteiger partial charge in [-0.25, -0.2) is 8.78 Å². The number of rotatable bonds is 6. The first kappa shape index (κ1) is 19.4. The van der Waals surface area contributed by atoms with Gasteiger partial charge in [0.15, 0.2) is 0 Å². The minimum atomic E-state index is -2.65. The number of halogens is 3. The summed E-state index contributed by atoms with van der Waals surface area (Å²) in [6, 6.07) is 2.56. The molecule has 0 fully saturated rings. The van der Waals surface area contributed by atoms with Gasteiger partial charge in [0, 0.05) is 17.7 Å². The van der Waals surface area contributed by atoms with Crippen LogP contribution >= 0.6 is 22.9 Å². The fourth-order valence-corrected chi connectivity index (χ4v) is 4.31. The van der Waals surface area contributed by atoms with E-state index in [2.05, 4.69) is 4.99 Å². The molecule has 9 heteroatoms. The summed E-state index contributed by atoms with van der Waals surface area (Å²) in [7, 11) is 1.34. The number of carboxylic acids is 1. The molecular weight excluding hydrogens is 400 g/mol. The highest BCUT2D eigenvalue weighted by molar-refractivity contribution is 7.14. The molecule has 0 unspecified atom stereocenters. The number of aliphatic imine (C=N–C) groups is 1. The van der Waals surface area contributed by atoms with Crippen molar-refractivity contribution in [2.75, 3.05) is 7.11 Å². The van der Waals surface area contributed by atoms with Crippen molar-refractivity contribution >= 4 is 40.4 Å². The van der Waals surface area contributed by atoms with E-state index < -0.39 is 18.2 Å². The Bertz CT molecular complexity index is 972. The van der Waals surface area contributed by atoms with E-state index in [1.165, 1.54) is 19.2 Å². The molecule has 0 radical (unpaired) electrons. The summed E-state index contributed by atoms with van der Waals surface area (Å²) < 4.78 is 30.9. The number of carbonyl (C=O) groups is 2. The van der Waals surface area contributed by atoms with Gasteiger partial charge in [0.1, 0.15) is 5.76 Å². The van der Waals surface area contributed by atoms with E-state index in [9.17, 15) is 18.4 Å². The maximum atomic E-state index is 12.9. The molecule has 5 nitrogen and oxygen atoms in total. The average Bonchev–Trinajstić information content (AvgIpc) is 3.19. The highest BCUT2D eigenvalue weighted by Crippen LogP contribution is 2.42. The van der Waals surface area contributed by atoms with Crippen LogP contribution in [0.15, 0.2) is 50.3 Å². The number of hydrogen-bond donors (Lipinski definition) is 1. The molecule has 2 aliphatic rings. The normalized spacial score (nSPS) is 16.9. The van der Waals surface area contributed by atoms with Gasteiger partial charge >= 0.3 is 5.97 Å². The molecule has 2 heterocycles. The average molecular weight is 414 g/mol. The molecule has 0 aromatic carbocycles. The molecule has 1 aliphatic heterocycles. The first-order valence-electron chi connectivity index (χ1n) is 7.84. The standard InChI is InChI=1S/C18H14ClF2NO4S/c1-7-8(6-13(23)24)14-10(22-7)5-9(17(26-2)15(14)19)16(25)11-3-4-12(27-11)18(20)21/h3-4,18H,5-6H2,1-2H3,(H,23,24). The Hall–Kier alpha value is -2.32. The predicted octanol–water partition coefficient (Wildman–Crippen LogP) is 4.87. The van der Waals surface area contributed by atoms with E-state index in [1.54, 1.807) is 6.92 Å². The zero-order chi connectivity index (χ0) is 19.9. The molecule has 1 aliphatic carbocycles. The number of fused-ring (bicyclic) bond motifs is 1. The van der Waals surface area contributed by atoms with Crippen LogP contribution in [0, 0.1) is 0 Å². The fourth-order valence-electron chi connectivity index (χ4n) is 3.07. The molecule has 1 aromatic heterocycles. The fraction of sp³-hybridized carbons (Fsp3) is 0.278. The summed E-state index contributed by atoms with van der Waals surface area (Å²) >= 11 is 7.14. The molecule has 27 heavy (non-hydrogen) atoms. The Labute approximate surface area is 162 Å². The monoisotopic (exact) mass is 413 g/mol. The SMILES string of the molecule is COC1=C(C(=O)c2ccc(C(F)F)s2)CC2=NC(C)=C(CC(=O)O)C2=C1Cl. The number of thiophene rings is 1. The Morgan fingerprint density at radius 1 is 1.41 bits per heavy atom. The lowest BCUT2D eigenvalue weighted by Crippen LogP contribution is -2.19. The lowest BCUT2D eigenvalue weighted by Gasteiger charge is -2.21. The van der Waals surface area contributed by atoms with Gasteiger partial charge in [-0.2, -0.15) is 0 Å². The van der Waals surface area contributed by atoms with Crippen LogP contribution in [0.25, 0.3) is 0 Å². The van der Waals surface area contributed by atoms with Crippen molar-refractivity contribution in [1.82, 2.24) is 0 Å². The van der Waals surface area contributed by atoms with Crippen LogP contribution in [0.1, 0.15) is 40.7 Å². The Kier molecular flexibility index (Phi) is 5.30. The van der Waals surface area contributed by atoms with Gasteiger partial charge in [-0.05, 0) is 24.6 Å². The number of carbonyl (C=O) groups excluding carboxylic acids is 1. The predicted molar refractivity (Wildman–Crippen MR) is 97.5 cm³/mol. The summed E-state index contributed by atoms with van der Waals surface area (Å²) in [6.07, 6.45) is -2.83. The highest BCUT2D eigenvalue weighted by Gasteiger charge is 2.36. The molecule has 1 N–H and O–H groups in total. The van der Waals surface area contributed by atoms with Crippen molar-refractivity contribution in [3.05, 3.63) is 55.1 Å². The van der Waals surface area contributed by atoms with Crippen molar-refractivity contribution in [2.24, 2.45) is 4.99 Å². The van der Waals surface area contributed by atoms with Crippen LogP contribution in [-0.2, 0) is 9.53 Å². The molecule has 0 amide bonds. The molecule has 0 bridgehead atoms. The summed E-state index contributed by atoms with van der Waals surface area (Å²) in [4.78, 5) is 28.3. The number of carboxylic acid groups (broad SMARTS) is 1. The van der Waals surface area contributed by atoms with Gasteiger partial charge in [-0.3, -0.25) is 14.6 Å². The number of nitrogens with zero attached hydrogens (tertiary/aromatic N) is 1. The van der Waals surface area contributed by atoms with E-state index in [1.807, 2.05) is 0 Å². The molecule has 0 spiro atoms. The maximum absolute atomic E-state index is 12.9. The second kappa shape index (κ2) is 7.36. The van der Waals surface area contributed by atoms with Crippen LogP contribution in [0.4, 0.5) is 8.78 Å². The molecule has 3 rings (SSSR count). The van der Waals surface area contributed by atoms with Gasteiger partial charge in [-0.1, -0.05) is 11.6 Å². The van der Waals surface area contributed by atoms with Crippen molar-refractivity contribution in [2.45, 2.75) is 26.2 Å². The molecule has 142 valence electrons.